The lowest BCUT2D eigenvalue weighted by Crippen LogP contribution is -2.47. The van der Waals surface area contributed by atoms with Crippen molar-refractivity contribution >= 4 is 24.0 Å². The highest BCUT2D eigenvalue weighted by molar-refractivity contribution is 5.86. The molecule has 0 aromatic rings. The van der Waals surface area contributed by atoms with Crippen molar-refractivity contribution in [3.63, 3.8) is 0 Å². The minimum Gasteiger partial charge on any atom is -0.444 e. The number of hydrogen-bond acceptors (Lipinski definition) is 6. The monoisotopic (exact) mass is 470 g/mol. The average Bonchev–Trinajstić information content (AvgIpc) is 3.50. The number of likely N-dealkylation sites (N-methyl/N-ethyl adjacent to an activating group) is 1. The smallest absolute Gasteiger partial charge is 0.408 e. The number of nitrogens with one attached hydrogen (secondary N) is 3. The van der Waals surface area contributed by atoms with Crippen molar-refractivity contribution < 1.29 is 28.7 Å². The van der Waals surface area contributed by atoms with Crippen LogP contribution in [0.25, 0.3) is 0 Å². The maximum absolute atomic E-state index is 11.9. The van der Waals surface area contributed by atoms with Gasteiger partial charge >= 0.3 is 12.2 Å². The van der Waals surface area contributed by atoms with Crippen molar-refractivity contribution in [3.05, 3.63) is 0 Å². The first kappa shape index (κ1) is 28.5. The lowest BCUT2D eigenvalue weighted by Gasteiger charge is -2.24. The molecule has 2 atom stereocenters. The summed E-state index contributed by atoms with van der Waals surface area (Å²) >= 11 is 0. The van der Waals surface area contributed by atoms with Gasteiger partial charge in [0.25, 0.3) is 0 Å². The van der Waals surface area contributed by atoms with E-state index in [9.17, 15) is 19.2 Å². The van der Waals surface area contributed by atoms with E-state index in [0.717, 1.165) is 25.7 Å². The molecular formula is C23H42N4O6. The average molecular weight is 471 g/mol. The summed E-state index contributed by atoms with van der Waals surface area (Å²) in [5, 5.41) is 7.86. The van der Waals surface area contributed by atoms with Crippen LogP contribution >= 0.6 is 0 Å². The normalized spacial score (nSPS) is 17.4. The Morgan fingerprint density at radius 1 is 0.788 bits per heavy atom. The van der Waals surface area contributed by atoms with Crippen LogP contribution < -0.4 is 16.0 Å². The van der Waals surface area contributed by atoms with Crippen molar-refractivity contribution in [2.75, 3.05) is 7.05 Å². The number of ether oxygens (including phenoxy) is 2. The minimum absolute atomic E-state index is 0.0710. The van der Waals surface area contributed by atoms with E-state index in [1.54, 1.807) is 67.3 Å². The Morgan fingerprint density at radius 3 is 1.58 bits per heavy atom. The van der Waals surface area contributed by atoms with Gasteiger partial charge < -0.3 is 30.3 Å². The van der Waals surface area contributed by atoms with Crippen LogP contribution in [0.2, 0.25) is 0 Å². The van der Waals surface area contributed by atoms with Crippen LogP contribution in [0.3, 0.4) is 0 Å². The topological polar surface area (TPSA) is 126 Å². The summed E-state index contributed by atoms with van der Waals surface area (Å²) in [7, 11) is 1.77. The Morgan fingerprint density at radius 2 is 1.21 bits per heavy atom. The quantitative estimate of drug-likeness (QED) is 0.548. The predicted molar refractivity (Wildman–Crippen MR) is 125 cm³/mol. The Bertz CT molecular complexity index is 705. The van der Waals surface area contributed by atoms with Crippen LogP contribution in [0.1, 0.15) is 81.1 Å². The first-order chi connectivity index (χ1) is 15.0. The second kappa shape index (κ2) is 11.6. The number of alkyl carbamates (subject to hydrolysis) is 2. The molecule has 2 fully saturated rings. The molecule has 4 amide bonds. The molecule has 33 heavy (non-hydrogen) atoms. The van der Waals surface area contributed by atoms with Crippen molar-refractivity contribution in [2.45, 2.75) is 116 Å². The van der Waals surface area contributed by atoms with E-state index < -0.39 is 35.5 Å². The molecule has 3 N–H and O–H groups in total. The molecule has 0 aromatic carbocycles. The first-order valence-electron chi connectivity index (χ1n) is 11.5. The van der Waals surface area contributed by atoms with Crippen LogP contribution in [0.15, 0.2) is 0 Å². The van der Waals surface area contributed by atoms with Gasteiger partial charge in [0.2, 0.25) is 11.8 Å². The third-order valence-electron chi connectivity index (χ3n) is 4.60. The van der Waals surface area contributed by atoms with Gasteiger partial charge in [-0.1, -0.05) is 0 Å². The van der Waals surface area contributed by atoms with E-state index in [4.69, 9.17) is 9.47 Å². The summed E-state index contributed by atoms with van der Waals surface area (Å²) in [6.07, 6.45) is 3.06. The molecular weight excluding hydrogens is 428 g/mol. The zero-order valence-electron chi connectivity index (χ0n) is 21.5. The number of carbonyl (C=O) groups is 4. The zero-order chi connectivity index (χ0) is 25.6. The van der Waals surface area contributed by atoms with Gasteiger partial charge in [0.1, 0.15) is 23.3 Å². The van der Waals surface area contributed by atoms with E-state index in [1.807, 2.05) is 0 Å². The molecule has 10 nitrogen and oxygen atoms in total. The SMILES string of the molecule is C[C@@H](NC(=O)OC(C)(C)C)C(=O)N(C)C1CC1.C[C@@H](NC(=O)OC(C)(C)C)C(=O)NC1CC1. The molecule has 10 heteroatoms. The van der Waals surface area contributed by atoms with Crippen LogP contribution in [0, 0.1) is 0 Å². The highest BCUT2D eigenvalue weighted by Gasteiger charge is 2.32. The van der Waals surface area contributed by atoms with E-state index in [0.29, 0.717) is 12.1 Å². The third kappa shape index (κ3) is 12.9. The molecule has 0 heterocycles. The highest BCUT2D eigenvalue weighted by Crippen LogP contribution is 2.25. The third-order valence-corrected chi connectivity index (χ3v) is 4.60. The van der Waals surface area contributed by atoms with Gasteiger partial charge in [0.15, 0.2) is 0 Å². The van der Waals surface area contributed by atoms with Gasteiger partial charge in [-0.25, -0.2) is 9.59 Å². The molecule has 0 bridgehead atoms. The Balaban J connectivity index is 0.000000331. The molecule has 0 spiro atoms. The first-order valence-corrected chi connectivity index (χ1v) is 11.5. The van der Waals surface area contributed by atoms with E-state index in [1.165, 1.54) is 0 Å². The van der Waals surface area contributed by atoms with Gasteiger partial charge in [-0.15, -0.1) is 0 Å². The van der Waals surface area contributed by atoms with Gasteiger partial charge in [0.05, 0.1) is 0 Å². The van der Waals surface area contributed by atoms with Gasteiger partial charge in [-0.3, -0.25) is 9.59 Å². The maximum Gasteiger partial charge on any atom is 0.408 e. The second-order valence-corrected chi connectivity index (χ2v) is 10.7. The fraction of sp³-hybridized carbons (Fsp3) is 0.826. The van der Waals surface area contributed by atoms with Crippen molar-refractivity contribution in [2.24, 2.45) is 0 Å². The van der Waals surface area contributed by atoms with Gasteiger partial charge in [-0.05, 0) is 81.1 Å². The fourth-order valence-electron chi connectivity index (χ4n) is 2.60. The van der Waals surface area contributed by atoms with Crippen molar-refractivity contribution in [3.8, 4) is 0 Å². The lowest BCUT2D eigenvalue weighted by molar-refractivity contribution is -0.132. The summed E-state index contributed by atoms with van der Waals surface area (Å²) in [6.45, 7) is 14.0. The van der Waals surface area contributed by atoms with Crippen molar-refractivity contribution in [1.29, 1.82) is 0 Å². The Hall–Kier alpha value is -2.52. The van der Waals surface area contributed by atoms with Crippen LogP contribution in [0.4, 0.5) is 9.59 Å². The van der Waals surface area contributed by atoms with Crippen LogP contribution in [-0.4, -0.2) is 71.3 Å². The van der Waals surface area contributed by atoms with Gasteiger partial charge in [0, 0.05) is 19.1 Å². The van der Waals surface area contributed by atoms with E-state index in [2.05, 4.69) is 16.0 Å². The maximum atomic E-state index is 11.9. The summed E-state index contributed by atoms with van der Waals surface area (Å²) in [4.78, 5) is 47.9. The molecule has 2 saturated carbocycles. The summed E-state index contributed by atoms with van der Waals surface area (Å²) in [6, 6.07) is -0.452. The Kier molecular flexibility index (Phi) is 9.99. The number of carbonyl (C=O) groups excluding carboxylic acids is 4. The number of rotatable bonds is 6. The minimum atomic E-state index is -0.564. The second-order valence-electron chi connectivity index (χ2n) is 10.7. The molecule has 2 aliphatic carbocycles. The Labute approximate surface area is 197 Å². The van der Waals surface area contributed by atoms with E-state index >= 15 is 0 Å². The molecule has 190 valence electrons. The van der Waals surface area contributed by atoms with Gasteiger partial charge in [-0.2, -0.15) is 0 Å². The van der Waals surface area contributed by atoms with Crippen LogP contribution in [0.5, 0.6) is 0 Å². The number of nitrogens with zero attached hydrogens (tertiary/aromatic N) is 1. The molecule has 0 unspecified atom stereocenters. The molecule has 2 rings (SSSR count). The molecule has 0 aliphatic heterocycles. The van der Waals surface area contributed by atoms with E-state index in [-0.39, 0.29) is 11.8 Å². The highest BCUT2D eigenvalue weighted by atomic mass is 16.6. The zero-order valence-corrected chi connectivity index (χ0v) is 21.5. The summed E-state index contributed by atoms with van der Waals surface area (Å²) in [5.74, 6) is -0.230. The van der Waals surface area contributed by atoms with Crippen LogP contribution in [-0.2, 0) is 19.1 Å². The van der Waals surface area contributed by atoms with Crippen molar-refractivity contribution in [1.82, 2.24) is 20.9 Å². The fourth-order valence-corrected chi connectivity index (χ4v) is 2.60. The standard InChI is InChI=1S/C12H22N2O3.C11H20N2O3/c1-8(10(15)14(5)9-6-7-9)13-11(16)17-12(2,3)4;1-7(9(14)13-8-5-6-8)12-10(15)16-11(2,3)4/h8-9H,6-7H2,1-5H3,(H,13,16);7-8H,5-6H2,1-4H3,(H,12,15)(H,13,14)/t8-;7-/m11/s1. The predicted octanol–water partition coefficient (Wildman–Crippen LogP) is 2.70. The molecule has 0 saturated heterocycles. The molecule has 2 aliphatic rings. The summed E-state index contributed by atoms with van der Waals surface area (Å²) < 4.78 is 10.1. The number of amides is 4. The summed E-state index contributed by atoms with van der Waals surface area (Å²) in [5.41, 5.74) is -1.09. The lowest BCUT2D eigenvalue weighted by atomic mass is 10.2. The largest absolute Gasteiger partial charge is 0.444 e. The molecule has 0 aromatic heterocycles. The molecule has 0 radical (unpaired) electrons. The number of hydrogen-bond donors (Lipinski definition) is 3.